The molecule has 2 aromatic carbocycles. The maximum absolute atomic E-state index is 11.4. The van der Waals surface area contributed by atoms with Crippen LogP contribution < -0.4 is 9.47 Å². The molecule has 0 aromatic heterocycles. The van der Waals surface area contributed by atoms with E-state index >= 15 is 0 Å². The fourth-order valence-electron chi connectivity index (χ4n) is 2.95. The van der Waals surface area contributed by atoms with E-state index < -0.39 is 5.79 Å². The largest absolute Gasteiger partial charge is 0.497 e. The lowest BCUT2D eigenvalue weighted by atomic mass is 9.96. The van der Waals surface area contributed by atoms with Crippen molar-refractivity contribution in [3.05, 3.63) is 65.7 Å². The molecule has 0 amide bonds. The van der Waals surface area contributed by atoms with Crippen LogP contribution in [-0.2, 0) is 24.8 Å². The SMILES string of the molecule is C=C(C)C(=O)OCCSc1ccc(C(OC)(OC)c2ccc(OC)cc2OC)cc1. The number of carbonyl (C=O) groups is 1. The lowest BCUT2D eigenvalue weighted by molar-refractivity contribution is -0.184. The summed E-state index contributed by atoms with van der Waals surface area (Å²) in [6.45, 7) is 5.52. The number of hydrogen-bond donors (Lipinski definition) is 0. The van der Waals surface area contributed by atoms with Crippen LogP contribution in [0.4, 0.5) is 0 Å². The van der Waals surface area contributed by atoms with Crippen LogP contribution in [0.5, 0.6) is 11.5 Å². The van der Waals surface area contributed by atoms with Crippen LogP contribution in [0.25, 0.3) is 0 Å². The molecule has 0 saturated carbocycles. The van der Waals surface area contributed by atoms with Crippen molar-refractivity contribution < 1.29 is 28.5 Å². The van der Waals surface area contributed by atoms with E-state index in [0.717, 1.165) is 16.0 Å². The number of rotatable bonds is 11. The first kappa shape index (κ1) is 23.8. The normalized spacial score (nSPS) is 11.1. The zero-order chi connectivity index (χ0) is 22.1. The third-order valence-electron chi connectivity index (χ3n) is 4.51. The van der Waals surface area contributed by atoms with Gasteiger partial charge in [-0.1, -0.05) is 18.7 Å². The molecule has 6 nitrogen and oxygen atoms in total. The predicted octanol–water partition coefficient (Wildman–Crippen LogP) is 4.41. The summed E-state index contributed by atoms with van der Waals surface area (Å²) in [4.78, 5) is 12.5. The number of methoxy groups -OCH3 is 4. The highest BCUT2D eigenvalue weighted by atomic mass is 32.2. The van der Waals surface area contributed by atoms with Gasteiger partial charge in [-0.2, -0.15) is 0 Å². The van der Waals surface area contributed by atoms with Crippen LogP contribution >= 0.6 is 11.8 Å². The number of carbonyl (C=O) groups excluding carboxylic acids is 1. The standard InChI is InChI=1S/C23H28O6S/c1-16(2)22(24)29-13-14-30-19-10-7-17(8-11-19)23(27-5,28-6)20-12-9-18(25-3)15-21(20)26-4/h7-12,15H,1,13-14H2,2-6H3. The van der Waals surface area contributed by atoms with Gasteiger partial charge < -0.3 is 23.7 Å². The first-order chi connectivity index (χ1) is 14.4. The van der Waals surface area contributed by atoms with E-state index in [1.165, 1.54) is 0 Å². The molecular formula is C23H28O6S. The van der Waals surface area contributed by atoms with E-state index in [0.29, 0.717) is 29.4 Å². The Morgan fingerprint density at radius 1 is 1.00 bits per heavy atom. The molecule has 0 atom stereocenters. The second kappa shape index (κ2) is 11.1. The molecule has 7 heteroatoms. The van der Waals surface area contributed by atoms with E-state index in [2.05, 4.69) is 6.58 Å². The quantitative estimate of drug-likeness (QED) is 0.171. The zero-order valence-electron chi connectivity index (χ0n) is 18.0. The molecule has 0 spiro atoms. The molecule has 0 aliphatic heterocycles. The van der Waals surface area contributed by atoms with Crippen LogP contribution in [0.1, 0.15) is 18.1 Å². The van der Waals surface area contributed by atoms with E-state index in [-0.39, 0.29) is 5.97 Å². The minimum absolute atomic E-state index is 0.321. The molecule has 0 heterocycles. The van der Waals surface area contributed by atoms with E-state index in [1.54, 1.807) is 53.2 Å². The summed E-state index contributed by atoms with van der Waals surface area (Å²) in [6.07, 6.45) is 0. The van der Waals surface area contributed by atoms with Gasteiger partial charge in [0.05, 0.1) is 19.8 Å². The highest BCUT2D eigenvalue weighted by molar-refractivity contribution is 7.99. The van der Waals surface area contributed by atoms with Crippen LogP contribution in [0.15, 0.2) is 59.5 Å². The van der Waals surface area contributed by atoms with E-state index in [4.69, 9.17) is 23.7 Å². The summed E-state index contributed by atoms with van der Waals surface area (Å²) in [5.74, 6) is 0.401. The molecule has 0 unspecified atom stereocenters. The summed E-state index contributed by atoms with van der Waals surface area (Å²) in [6, 6.07) is 13.3. The first-order valence-corrected chi connectivity index (χ1v) is 10.3. The molecule has 0 radical (unpaired) electrons. The Bertz CT molecular complexity index is 858. The van der Waals surface area contributed by atoms with Gasteiger partial charge in [-0.05, 0) is 31.2 Å². The highest BCUT2D eigenvalue weighted by Crippen LogP contribution is 2.41. The Balaban J connectivity index is 2.20. The molecule has 0 aliphatic rings. The Hall–Kier alpha value is -2.48. The van der Waals surface area contributed by atoms with Crippen molar-refractivity contribution in [3.8, 4) is 11.5 Å². The Kier molecular flexibility index (Phi) is 8.77. The van der Waals surface area contributed by atoms with Crippen molar-refractivity contribution in [3.63, 3.8) is 0 Å². The molecule has 0 saturated heterocycles. The smallest absolute Gasteiger partial charge is 0.333 e. The number of ether oxygens (including phenoxy) is 5. The van der Waals surface area contributed by atoms with Gasteiger partial charge in [0.1, 0.15) is 18.1 Å². The maximum Gasteiger partial charge on any atom is 0.333 e. The second-order valence-corrected chi connectivity index (χ2v) is 7.55. The molecule has 0 bridgehead atoms. The number of hydrogen-bond acceptors (Lipinski definition) is 7. The summed E-state index contributed by atoms with van der Waals surface area (Å²) >= 11 is 1.59. The minimum Gasteiger partial charge on any atom is -0.497 e. The lowest BCUT2D eigenvalue weighted by Crippen LogP contribution is -2.32. The number of thioether (sulfide) groups is 1. The van der Waals surface area contributed by atoms with Crippen LogP contribution in [0, 0.1) is 0 Å². The molecule has 162 valence electrons. The molecule has 0 N–H and O–H groups in total. The van der Waals surface area contributed by atoms with Gasteiger partial charge >= 0.3 is 5.97 Å². The highest BCUT2D eigenvalue weighted by Gasteiger charge is 2.37. The van der Waals surface area contributed by atoms with Crippen LogP contribution in [0.3, 0.4) is 0 Å². The summed E-state index contributed by atoms with van der Waals surface area (Å²) in [5, 5.41) is 0. The average molecular weight is 433 g/mol. The van der Waals surface area contributed by atoms with Gasteiger partial charge in [0, 0.05) is 42.1 Å². The Morgan fingerprint density at radius 2 is 1.67 bits per heavy atom. The summed E-state index contributed by atoms with van der Waals surface area (Å²) < 4.78 is 27.7. The van der Waals surface area contributed by atoms with Gasteiger partial charge in [-0.25, -0.2) is 4.79 Å². The van der Waals surface area contributed by atoms with Gasteiger partial charge in [-0.3, -0.25) is 0 Å². The predicted molar refractivity (Wildman–Crippen MR) is 117 cm³/mol. The fourth-order valence-corrected chi connectivity index (χ4v) is 3.68. The first-order valence-electron chi connectivity index (χ1n) is 9.30. The Morgan fingerprint density at radius 3 is 2.20 bits per heavy atom. The van der Waals surface area contributed by atoms with Crippen molar-refractivity contribution in [1.29, 1.82) is 0 Å². The van der Waals surface area contributed by atoms with Gasteiger partial charge in [0.25, 0.3) is 0 Å². The van der Waals surface area contributed by atoms with Crippen LogP contribution in [0.2, 0.25) is 0 Å². The van der Waals surface area contributed by atoms with Crippen LogP contribution in [-0.4, -0.2) is 46.8 Å². The molecule has 2 aromatic rings. The lowest BCUT2D eigenvalue weighted by Gasteiger charge is -2.33. The molecule has 30 heavy (non-hydrogen) atoms. The fraction of sp³-hybridized carbons (Fsp3) is 0.348. The van der Waals surface area contributed by atoms with Crippen molar-refractivity contribution in [1.82, 2.24) is 0 Å². The monoisotopic (exact) mass is 432 g/mol. The van der Waals surface area contributed by atoms with Gasteiger partial charge in [0.15, 0.2) is 0 Å². The topological polar surface area (TPSA) is 63.2 Å². The van der Waals surface area contributed by atoms with Crippen molar-refractivity contribution in [2.75, 3.05) is 40.8 Å². The zero-order valence-corrected chi connectivity index (χ0v) is 18.8. The maximum atomic E-state index is 11.4. The van der Waals surface area contributed by atoms with Gasteiger partial charge in [-0.15, -0.1) is 11.8 Å². The van der Waals surface area contributed by atoms with Crippen molar-refractivity contribution in [2.24, 2.45) is 0 Å². The average Bonchev–Trinajstić information content (AvgIpc) is 2.78. The van der Waals surface area contributed by atoms with Crippen molar-refractivity contribution >= 4 is 17.7 Å². The Labute approximate surface area is 182 Å². The molecule has 0 fully saturated rings. The molecular weight excluding hydrogens is 404 g/mol. The number of esters is 1. The van der Waals surface area contributed by atoms with E-state index in [9.17, 15) is 4.79 Å². The third-order valence-corrected chi connectivity index (χ3v) is 5.48. The third kappa shape index (κ3) is 5.36. The summed E-state index contributed by atoms with van der Waals surface area (Å²) in [7, 11) is 6.37. The van der Waals surface area contributed by atoms with Crippen molar-refractivity contribution in [2.45, 2.75) is 17.6 Å². The molecule has 2 rings (SSSR count). The molecule has 0 aliphatic carbocycles. The summed E-state index contributed by atoms with van der Waals surface area (Å²) in [5.41, 5.74) is 1.94. The van der Waals surface area contributed by atoms with E-state index in [1.807, 2.05) is 36.4 Å². The number of benzene rings is 2. The second-order valence-electron chi connectivity index (χ2n) is 6.38. The van der Waals surface area contributed by atoms with Gasteiger partial charge in [0.2, 0.25) is 5.79 Å². The minimum atomic E-state index is -1.14.